The fourth-order valence-corrected chi connectivity index (χ4v) is 3.18. The first-order chi connectivity index (χ1) is 6.38. The topological polar surface area (TPSA) is 55.5 Å². The molecule has 78 valence electrons. The van der Waals surface area contributed by atoms with E-state index in [0.717, 1.165) is 18.6 Å². The summed E-state index contributed by atoms with van der Waals surface area (Å²) in [6, 6.07) is 0. The molecule has 0 saturated heterocycles. The van der Waals surface area contributed by atoms with E-state index in [1.165, 1.54) is 6.42 Å². The van der Waals surface area contributed by atoms with E-state index in [-0.39, 0.29) is 10.8 Å². The summed E-state index contributed by atoms with van der Waals surface area (Å²) in [7, 11) is 0. The van der Waals surface area contributed by atoms with Gasteiger partial charge in [-0.1, -0.05) is 20.8 Å². The van der Waals surface area contributed by atoms with Crippen LogP contribution in [0.2, 0.25) is 0 Å². The minimum absolute atomic E-state index is 0.0370. The number of fused-ring (bicyclic) bond motifs is 2. The Morgan fingerprint density at radius 2 is 2.14 bits per heavy atom. The monoisotopic (exact) mass is 196 g/mol. The molecule has 4 nitrogen and oxygen atoms in total. The zero-order valence-corrected chi connectivity index (χ0v) is 8.91. The fourth-order valence-electron chi connectivity index (χ4n) is 3.18. The van der Waals surface area contributed by atoms with Crippen LogP contribution in [0.25, 0.3) is 0 Å². The second-order valence-corrected chi connectivity index (χ2v) is 5.28. The van der Waals surface area contributed by atoms with Crippen LogP contribution in [0.4, 0.5) is 0 Å². The van der Waals surface area contributed by atoms with Crippen LogP contribution in [-0.4, -0.2) is 10.7 Å². The average Bonchev–Trinajstić information content (AvgIpc) is 2.35. The van der Waals surface area contributed by atoms with Crippen molar-refractivity contribution < 1.29 is 5.03 Å². The Kier molecular flexibility index (Phi) is 1.75. The van der Waals surface area contributed by atoms with E-state index in [1.807, 2.05) is 0 Å². The van der Waals surface area contributed by atoms with Crippen molar-refractivity contribution in [2.24, 2.45) is 21.8 Å². The van der Waals surface area contributed by atoms with Gasteiger partial charge >= 0.3 is 0 Å². The van der Waals surface area contributed by atoms with Gasteiger partial charge in [0.2, 0.25) is 0 Å². The first-order valence-corrected chi connectivity index (χ1v) is 5.10. The molecule has 0 radical (unpaired) electrons. The van der Waals surface area contributed by atoms with Crippen LogP contribution in [0.3, 0.4) is 0 Å². The van der Waals surface area contributed by atoms with Crippen molar-refractivity contribution in [3.63, 3.8) is 0 Å². The molecule has 2 atom stereocenters. The molecule has 0 aromatic heterocycles. The van der Waals surface area contributed by atoms with Gasteiger partial charge in [-0.2, -0.15) is 0 Å². The van der Waals surface area contributed by atoms with Crippen LogP contribution >= 0.6 is 0 Å². The Bertz CT molecular complexity index is 322. The second-order valence-electron chi connectivity index (χ2n) is 5.28. The van der Waals surface area contributed by atoms with E-state index >= 15 is 0 Å². The zero-order valence-electron chi connectivity index (χ0n) is 8.91. The molecule has 0 spiro atoms. The summed E-state index contributed by atoms with van der Waals surface area (Å²) in [4.78, 5) is 10.4. The number of hydrogen-bond acceptors (Lipinski definition) is 2. The minimum atomic E-state index is -0.544. The van der Waals surface area contributed by atoms with Crippen molar-refractivity contribution in [1.29, 1.82) is 0 Å². The highest BCUT2D eigenvalue weighted by molar-refractivity contribution is 5.93. The van der Waals surface area contributed by atoms with Gasteiger partial charge in [0, 0.05) is 5.41 Å². The lowest BCUT2D eigenvalue weighted by atomic mass is 9.70. The van der Waals surface area contributed by atoms with Crippen LogP contribution in [0.1, 0.15) is 40.0 Å². The maximum absolute atomic E-state index is 10.4. The quantitative estimate of drug-likeness (QED) is 0.478. The highest BCUT2D eigenvalue weighted by atomic mass is 16.7. The number of rotatable bonds is 1. The van der Waals surface area contributed by atoms with Gasteiger partial charge in [0.25, 0.3) is 0 Å². The second kappa shape index (κ2) is 2.55. The molecule has 2 aliphatic carbocycles. The first-order valence-electron chi connectivity index (χ1n) is 5.10. The van der Waals surface area contributed by atoms with Crippen molar-refractivity contribution in [3.8, 4) is 0 Å². The average molecular weight is 196 g/mol. The molecule has 0 amide bonds. The molecular weight excluding hydrogens is 180 g/mol. The van der Waals surface area contributed by atoms with Gasteiger partial charge in [-0.3, -0.25) is 0 Å². The third-order valence-electron chi connectivity index (χ3n) is 4.71. The zero-order chi connectivity index (χ0) is 10.6. The van der Waals surface area contributed by atoms with Gasteiger partial charge in [0.15, 0.2) is 5.03 Å². The molecular formula is C10H16N2O2. The lowest BCUT2D eigenvalue weighted by Gasteiger charge is -2.33. The predicted molar refractivity (Wildman–Crippen MR) is 53.7 cm³/mol. The van der Waals surface area contributed by atoms with E-state index in [1.54, 1.807) is 0 Å². The molecule has 0 aliphatic heterocycles. The molecule has 0 N–H and O–H groups in total. The SMILES string of the molecule is CC1(C)[C@@H]2CC[C@@]1(C)/C(=N/[N+](=O)[O-])C2. The van der Waals surface area contributed by atoms with E-state index in [2.05, 4.69) is 25.9 Å². The summed E-state index contributed by atoms with van der Waals surface area (Å²) in [6.45, 7) is 6.56. The summed E-state index contributed by atoms with van der Waals surface area (Å²) in [5.74, 6) is 0.589. The van der Waals surface area contributed by atoms with Crippen LogP contribution in [0, 0.1) is 26.9 Å². The third-order valence-corrected chi connectivity index (χ3v) is 4.71. The molecule has 2 fully saturated rings. The molecule has 0 aromatic rings. The van der Waals surface area contributed by atoms with E-state index in [9.17, 15) is 10.1 Å². The molecule has 2 saturated carbocycles. The minimum Gasteiger partial charge on any atom is -0.233 e. The first kappa shape index (κ1) is 9.62. The number of hydrazone groups is 1. The highest BCUT2D eigenvalue weighted by Crippen LogP contribution is 2.63. The number of hydrogen-bond donors (Lipinski definition) is 0. The molecule has 4 heteroatoms. The summed E-state index contributed by atoms with van der Waals surface area (Å²) < 4.78 is 0. The van der Waals surface area contributed by atoms with E-state index in [0.29, 0.717) is 5.92 Å². The summed E-state index contributed by atoms with van der Waals surface area (Å²) >= 11 is 0. The van der Waals surface area contributed by atoms with Gasteiger partial charge in [0.05, 0.1) is 10.8 Å². The molecule has 0 heterocycles. The van der Waals surface area contributed by atoms with E-state index in [4.69, 9.17) is 0 Å². The van der Waals surface area contributed by atoms with E-state index < -0.39 is 5.03 Å². The largest absolute Gasteiger partial charge is 0.233 e. The Labute approximate surface area is 83.5 Å². The summed E-state index contributed by atoms with van der Waals surface area (Å²) in [5.41, 5.74) is 0.954. The Morgan fingerprint density at radius 3 is 2.50 bits per heavy atom. The van der Waals surface area contributed by atoms with Crippen LogP contribution < -0.4 is 0 Å². The summed E-state index contributed by atoms with van der Waals surface area (Å²) in [5, 5.41) is 13.4. The molecule has 2 rings (SSSR count). The van der Waals surface area contributed by atoms with Gasteiger partial charge in [-0.05, 0) is 30.6 Å². The summed E-state index contributed by atoms with van der Waals surface area (Å²) in [6.07, 6.45) is 3.07. The molecule has 14 heavy (non-hydrogen) atoms. The van der Waals surface area contributed by atoms with Gasteiger partial charge in [-0.15, -0.1) is 0 Å². The van der Waals surface area contributed by atoms with Crippen molar-refractivity contribution in [3.05, 3.63) is 10.1 Å². The Hall–Kier alpha value is -0.930. The molecule has 0 unspecified atom stereocenters. The van der Waals surface area contributed by atoms with Crippen LogP contribution in [-0.2, 0) is 0 Å². The van der Waals surface area contributed by atoms with Gasteiger partial charge in [0.1, 0.15) is 0 Å². The normalized spacial score (nSPS) is 41.9. The standard InChI is InChI=1S/C10H16N2O2/c1-9(2)7-4-5-10(9,3)8(6-7)11-12(13)14/h7H,4-6H2,1-3H3/b11-8+/t7-,10+/m1/s1. The smallest absolute Gasteiger partial charge is 0.190 e. The van der Waals surface area contributed by atoms with Crippen LogP contribution in [0.15, 0.2) is 5.10 Å². The Balaban J connectivity index is 2.41. The van der Waals surface area contributed by atoms with Crippen molar-refractivity contribution in [1.82, 2.24) is 0 Å². The predicted octanol–water partition coefficient (Wildman–Crippen LogP) is 2.47. The fraction of sp³-hybridized carbons (Fsp3) is 0.900. The molecule has 2 aliphatic rings. The number of nitrogens with zero attached hydrogens (tertiary/aromatic N) is 2. The third kappa shape index (κ3) is 0.967. The molecule has 0 aromatic carbocycles. The van der Waals surface area contributed by atoms with Crippen LogP contribution in [0.5, 0.6) is 0 Å². The van der Waals surface area contributed by atoms with Gasteiger partial charge < -0.3 is 0 Å². The van der Waals surface area contributed by atoms with Gasteiger partial charge in [-0.25, -0.2) is 10.1 Å². The van der Waals surface area contributed by atoms with Crippen molar-refractivity contribution in [2.45, 2.75) is 40.0 Å². The maximum Gasteiger partial charge on any atom is 0.190 e. The highest BCUT2D eigenvalue weighted by Gasteiger charge is 2.61. The molecule has 2 bridgehead atoms. The lowest BCUT2D eigenvalue weighted by molar-refractivity contribution is -0.485. The van der Waals surface area contributed by atoms with Crippen molar-refractivity contribution in [2.75, 3.05) is 0 Å². The maximum atomic E-state index is 10.4. The van der Waals surface area contributed by atoms with Crippen molar-refractivity contribution >= 4 is 5.71 Å². The lowest BCUT2D eigenvalue weighted by Crippen LogP contribution is -2.32. The number of nitro groups is 1. The Morgan fingerprint density at radius 1 is 1.50 bits per heavy atom.